The fourth-order valence-corrected chi connectivity index (χ4v) is 10.5. The Balaban J connectivity index is 1.01. The van der Waals surface area contributed by atoms with E-state index in [9.17, 15) is 44.1 Å². The van der Waals surface area contributed by atoms with E-state index in [1.54, 1.807) is 4.57 Å². The number of pyridine rings is 1. The standard InChI is InChI=1S/C37H38ClFN8O10S2/c1-37(2,35(55)56)57-43-24(21-14-59-36(40)41-21)30(49)42-25-31(50)47-26(34(53)54)16(13-58-32(25)47)10-44-7-3-4-15-9-45(12-22(15)44)28-20(39)8-18-27(23(28)38)46(17-5-6-17)11-19(29(18)48)33(51)52/h8,11,14-15,17,22,25,32H,3-7,9-10,12-13H2,1-2H3,(H2,40,41)(H,42,49)(H,51,52)(H,53,54)(H,55,56)/t15-,22+,25+,32+/m0/s1. The molecule has 0 radical (unpaired) electrons. The smallest absolute Gasteiger partial charge is 0.352 e. The number of nitrogens with two attached hydrogens (primary N) is 1. The van der Waals surface area contributed by atoms with Crippen molar-refractivity contribution in [2.75, 3.05) is 42.6 Å². The zero-order chi connectivity index (χ0) is 42.2. The highest BCUT2D eigenvalue weighted by Gasteiger charge is 2.55. The van der Waals surface area contributed by atoms with Crippen LogP contribution in [0.15, 0.2) is 38.9 Å². The van der Waals surface area contributed by atoms with E-state index < -0.39 is 69.3 Å². The SMILES string of the molecule is CC(C)(ON=C(C(=O)N[C@@H]1C(=O)N2C(C(=O)O)=C(CN3CCC[C@H]4CN(c5c(F)cc6c(=O)c(C(=O)O)cn(C7CC7)c6c5Cl)C[C@H]43)CS[C@H]12)c1csc(N)n1)C(=O)O. The molecule has 0 unspecified atom stereocenters. The maximum Gasteiger partial charge on any atom is 0.352 e. The van der Waals surface area contributed by atoms with Crippen molar-refractivity contribution >= 4 is 91.9 Å². The molecule has 4 aliphatic heterocycles. The molecule has 8 rings (SSSR count). The van der Waals surface area contributed by atoms with Crippen LogP contribution >= 0.6 is 34.7 Å². The van der Waals surface area contributed by atoms with E-state index in [0.717, 1.165) is 48.0 Å². The van der Waals surface area contributed by atoms with Crippen LogP contribution in [0.1, 0.15) is 61.6 Å². The first-order chi connectivity index (χ1) is 28.0. The molecule has 1 saturated carbocycles. The Morgan fingerprint density at radius 3 is 2.53 bits per heavy atom. The van der Waals surface area contributed by atoms with Crippen LogP contribution in [0.3, 0.4) is 0 Å². The first-order valence-electron chi connectivity index (χ1n) is 18.7. The lowest BCUT2D eigenvalue weighted by atomic mass is 9.91. The summed E-state index contributed by atoms with van der Waals surface area (Å²) >= 11 is 9.23. The molecule has 22 heteroatoms. The molecule has 2 amide bonds. The van der Waals surface area contributed by atoms with Crippen LogP contribution in [-0.4, -0.2) is 125 Å². The predicted octanol–water partition coefficient (Wildman–Crippen LogP) is 2.79. The Hall–Kier alpha value is -5.25. The number of nitrogens with one attached hydrogen (secondary N) is 1. The number of thiazole rings is 1. The van der Waals surface area contributed by atoms with Gasteiger partial charge in [0.25, 0.3) is 11.8 Å². The third kappa shape index (κ3) is 7.16. The summed E-state index contributed by atoms with van der Waals surface area (Å²) in [5.41, 5.74) is 2.97. The molecule has 1 aliphatic carbocycles. The zero-order valence-corrected chi connectivity index (χ0v) is 33.9. The summed E-state index contributed by atoms with van der Waals surface area (Å²) in [6.07, 6.45) is 4.42. The van der Waals surface area contributed by atoms with Gasteiger partial charge in [-0.2, -0.15) is 0 Å². The monoisotopic (exact) mass is 872 g/mol. The van der Waals surface area contributed by atoms with Crippen molar-refractivity contribution in [2.45, 2.75) is 68.6 Å². The van der Waals surface area contributed by atoms with Crippen molar-refractivity contribution in [3.63, 3.8) is 0 Å². The molecule has 0 bridgehead atoms. The lowest BCUT2D eigenvalue weighted by molar-refractivity contribution is -0.161. The molecule has 0 spiro atoms. The number of nitrogens with zero attached hydrogens (tertiary/aromatic N) is 6. The Labute approximate surface area is 347 Å². The average Bonchev–Trinajstić information content (AvgIpc) is 3.79. The van der Waals surface area contributed by atoms with Gasteiger partial charge in [-0.25, -0.2) is 23.8 Å². The number of carbonyl (C=O) groups excluding carboxylic acids is 2. The number of hydrogen-bond donors (Lipinski definition) is 5. The van der Waals surface area contributed by atoms with Crippen LogP contribution in [0.2, 0.25) is 5.02 Å². The number of piperidine rings is 1. The van der Waals surface area contributed by atoms with Gasteiger partial charge in [-0.3, -0.25) is 24.2 Å². The largest absolute Gasteiger partial charge is 0.478 e. The van der Waals surface area contributed by atoms with Gasteiger partial charge in [-0.15, -0.1) is 23.1 Å². The Bertz CT molecular complexity index is 2470. The number of aromatic carboxylic acids is 1. The number of hydrogen-bond acceptors (Lipinski definition) is 14. The van der Waals surface area contributed by atoms with Gasteiger partial charge in [0.1, 0.15) is 34.2 Å². The maximum atomic E-state index is 16.0. The molecule has 1 aromatic carbocycles. The predicted molar refractivity (Wildman–Crippen MR) is 214 cm³/mol. The minimum atomic E-state index is -1.81. The highest BCUT2D eigenvalue weighted by Crippen LogP contribution is 2.45. The van der Waals surface area contributed by atoms with Crippen molar-refractivity contribution in [3.8, 4) is 0 Å². The number of anilines is 2. The topological polar surface area (TPSA) is 250 Å². The first-order valence-corrected chi connectivity index (χ1v) is 21.0. The summed E-state index contributed by atoms with van der Waals surface area (Å²) in [7, 11) is 0. The second kappa shape index (κ2) is 15.1. The average molecular weight is 873 g/mol. The lowest BCUT2D eigenvalue weighted by Gasteiger charge is -2.50. The fourth-order valence-electron chi connectivity index (χ4n) is 8.23. The normalized spacial score (nSPS) is 23.5. The molecule has 18 nitrogen and oxygen atoms in total. The number of amides is 2. The summed E-state index contributed by atoms with van der Waals surface area (Å²) in [6.45, 7) is 4.07. The van der Waals surface area contributed by atoms with Crippen LogP contribution < -0.4 is 21.4 Å². The number of β-lactam (4-membered cyclic amide) rings is 1. The highest BCUT2D eigenvalue weighted by atomic mass is 35.5. The van der Waals surface area contributed by atoms with Crippen molar-refractivity contribution in [3.05, 3.63) is 61.2 Å². The molecule has 59 heavy (non-hydrogen) atoms. The van der Waals surface area contributed by atoms with Gasteiger partial charge in [0, 0.05) is 49.0 Å². The minimum absolute atomic E-state index is 0.0108. The minimum Gasteiger partial charge on any atom is -0.478 e. The van der Waals surface area contributed by atoms with Gasteiger partial charge < -0.3 is 40.7 Å². The van der Waals surface area contributed by atoms with Crippen molar-refractivity contribution < 1.29 is 48.5 Å². The fraction of sp³-hybridized carbons (Fsp3) is 0.459. The van der Waals surface area contributed by atoms with Crippen LogP contribution in [0.25, 0.3) is 10.9 Å². The summed E-state index contributed by atoms with van der Waals surface area (Å²) in [5.74, 6) is -6.10. The number of rotatable bonds is 12. The van der Waals surface area contributed by atoms with Crippen molar-refractivity contribution in [1.29, 1.82) is 0 Å². The highest BCUT2D eigenvalue weighted by molar-refractivity contribution is 8.00. The molecule has 4 fully saturated rings. The number of oxime groups is 1. The molecule has 6 N–H and O–H groups in total. The first kappa shape index (κ1) is 40.5. The molecule has 3 saturated heterocycles. The number of likely N-dealkylation sites (tertiary alicyclic amines) is 1. The second-order valence-electron chi connectivity index (χ2n) is 15.6. The van der Waals surface area contributed by atoms with Gasteiger partial charge in [0.2, 0.25) is 11.0 Å². The molecular weight excluding hydrogens is 835 g/mol. The molecule has 4 atom stereocenters. The van der Waals surface area contributed by atoms with E-state index in [1.165, 1.54) is 37.2 Å². The van der Waals surface area contributed by atoms with Crippen LogP contribution in [-0.2, 0) is 24.0 Å². The zero-order valence-electron chi connectivity index (χ0n) is 31.5. The van der Waals surface area contributed by atoms with E-state index in [0.29, 0.717) is 25.2 Å². The van der Waals surface area contributed by atoms with Crippen molar-refractivity contribution in [1.82, 2.24) is 24.7 Å². The van der Waals surface area contributed by atoms with E-state index >= 15 is 4.39 Å². The van der Waals surface area contributed by atoms with Gasteiger partial charge in [-0.05, 0) is 63.6 Å². The van der Waals surface area contributed by atoms with E-state index in [1.807, 2.05) is 4.90 Å². The summed E-state index contributed by atoms with van der Waals surface area (Å²) in [5, 5.41) is 36.6. The molecular formula is C37H38ClFN8O10S2. The number of thioether (sulfide) groups is 1. The number of aliphatic carboxylic acids is 2. The third-order valence-corrected chi connectivity index (χ3v) is 13.7. The Morgan fingerprint density at radius 1 is 1.14 bits per heavy atom. The van der Waals surface area contributed by atoms with Gasteiger partial charge in [0.05, 0.1) is 21.6 Å². The Morgan fingerprint density at radius 2 is 1.88 bits per heavy atom. The van der Waals surface area contributed by atoms with Gasteiger partial charge in [-0.1, -0.05) is 16.8 Å². The molecule has 2 aromatic heterocycles. The van der Waals surface area contributed by atoms with E-state index in [-0.39, 0.29) is 68.4 Å². The maximum absolute atomic E-state index is 16.0. The van der Waals surface area contributed by atoms with E-state index in [4.69, 9.17) is 22.2 Å². The van der Waals surface area contributed by atoms with Gasteiger partial charge in [0.15, 0.2) is 10.8 Å². The number of carboxylic acid groups (broad SMARTS) is 3. The molecule has 312 valence electrons. The molecule has 6 heterocycles. The number of halogens is 2. The van der Waals surface area contributed by atoms with Crippen molar-refractivity contribution in [2.24, 2.45) is 11.1 Å². The van der Waals surface area contributed by atoms with Gasteiger partial charge >= 0.3 is 17.9 Å². The number of nitrogen functional groups attached to an aromatic ring is 1. The van der Waals surface area contributed by atoms with E-state index in [2.05, 4.69) is 20.4 Å². The lowest BCUT2D eigenvalue weighted by Crippen LogP contribution is -2.71. The number of carboxylic acids is 3. The quantitative estimate of drug-likeness (QED) is 0.0997. The molecule has 5 aliphatic rings. The number of fused-ring (bicyclic) bond motifs is 3. The van der Waals surface area contributed by atoms with Crippen LogP contribution in [0.5, 0.6) is 0 Å². The summed E-state index contributed by atoms with van der Waals surface area (Å²) in [4.78, 5) is 90.9. The summed E-state index contributed by atoms with van der Waals surface area (Å²) in [6, 6.07) is -0.274. The number of benzene rings is 1. The number of aromatic nitrogens is 2. The second-order valence-corrected chi connectivity index (χ2v) is 18.0. The summed E-state index contributed by atoms with van der Waals surface area (Å²) < 4.78 is 17.7. The Kier molecular flexibility index (Phi) is 10.4. The van der Waals surface area contributed by atoms with Crippen LogP contribution in [0, 0.1) is 11.7 Å². The number of carbonyl (C=O) groups is 5. The third-order valence-electron chi connectivity index (χ3n) is 11.4. The van der Waals surface area contributed by atoms with Crippen LogP contribution in [0.4, 0.5) is 15.2 Å². The molecule has 3 aromatic rings.